The van der Waals surface area contributed by atoms with Gasteiger partial charge in [-0.15, -0.1) is 0 Å². The number of nitrogens with zero attached hydrogens (tertiary/aromatic N) is 2. The monoisotopic (exact) mass is 441 g/mol. The van der Waals surface area contributed by atoms with E-state index in [-0.39, 0.29) is 6.54 Å². The van der Waals surface area contributed by atoms with Gasteiger partial charge in [-0.25, -0.2) is 9.78 Å². The second kappa shape index (κ2) is 9.22. The van der Waals surface area contributed by atoms with Crippen LogP contribution in [-0.4, -0.2) is 27.5 Å². The molecule has 3 aromatic rings. The van der Waals surface area contributed by atoms with Crippen LogP contribution in [0, 0.1) is 0 Å². The summed E-state index contributed by atoms with van der Waals surface area (Å²) < 4.78 is 13.0. The van der Waals surface area contributed by atoms with E-state index in [1.807, 2.05) is 44.5 Å². The fourth-order valence-corrected chi connectivity index (χ4v) is 3.02. The molecule has 1 heterocycles. The summed E-state index contributed by atoms with van der Waals surface area (Å²) >= 11 is 6.00. The number of rotatable bonds is 6. The molecule has 3 rings (SSSR count). The van der Waals surface area contributed by atoms with Crippen molar-refractivity contribution in [3.8, 4) is 22.8 Å². The minimum Gasteiger partial charge on any atom is -0.457 e. The Bertz CT molecular complexity index is 1090. The number of benzene rings is 2. The molecule has 0 aliphatic rings. The molecule has 0 bridgehead atoms. The van der Waals surface area contributed by atoms with Crippen LogP contribution in [0.2, 0.25) is 5.02 Å². The first kappa shape index (κ1) is 22.4. The Kier molecular flexibility index (Phi) is 6.65. The minimum atomic E-state index is -0.557. The van der Waals surface area contributed by atoms with E-state index in [0.29, 0.717) is 27.9 Å². The molecule has 31 heavy (non-hydrogen) atoms. The minimum absolute atomic E-state index is 0.246. The molecule has 0 aliphatic carbocycles. The number of aromatic nitrogens is 2. The molecule has 2 aromatic carbocycles. The highest BCUT2D eigenvalue weighted by molar-refractivity contribution is 6.30. The molecule has 162 valence electrons. The number of amides is 1. The Morgan fingerprint density at radius 3 is 2.55 bits per heavy atom. The Morgan fingerprint density at radius 1 is 1.19 bits per heavy atom. The lowest BCUT2D eigenvalue weighted by Crippen LogP contribution is -2.32. The van der Waals surface area contributed by atoms with E-state index >= 15 is 0 Å². The van der Waals surface area contributed by atoms with Crippen LogP contribution in [0.15, 0.2) is 48.7 Å². The van der Waals surface area contributed by atoms with Crippen molar-refractivity contribution >= 4 is 24.0 Å². The van der Waals surface area contributed by atoms with Gasteiger partial charge in [-0.3, -0.25) is 4.79 Å². The van der Waals surface area contributed by atoms with E-state index in [1.165, 1.54) is 0 Å². The van der Waals surface area contributed by atoms with E-state index in [4.69, 9.17) is 21.1 Å². The first-order valence-corrected chi connectivity index (χ1v) is 10.0. The van der Waals surface area contributed by atoms with Crippen molar-refractivity contribution in [2.75, 3.05) is 0 Å². The standard InChI is InChI=1S/C23H24ClN3O4/c1-23(2,3)31-22(29)26-13-21-25-12-19(27(21)4)15-6-9-18(10-7-15)30-20-11-17(24)8-5-16(20)14-28/h5-12,14H,13H2,1-4H3,(H,26,29). The number of hydrogen-bond acceptors (Lipinski definition) is 5. The number of carbonyl (C=O) groups excluding carboxylic acids is 2. The van der Waals surface area contributed by atoms with Gasteiger partial charge in [-0.1, -0.05) is 11.6 Å². The van der Waals surface area contributed by atoms with E-state index < -0.39 is 11.7 Å². The molecule has 0 saturated heterocycles. The predicted octanol–water partition coefficient (Wildman–Crippen LogP) is 5.37. The molecule has 0 fully saturated rings. The first-order valence-electron chi connectivity index (χ1n) is 9.67. The number of ether oxygens (including phenoxy) is 2. The number of hydrogen-bond donors (Lipinski definition) is 1. The summed E-state index contributed by atoms with van der Waals surface area (Å²) in [6.07, 6.45) is 1.97. The van der Waals surface area contributed by atoms with Crippen molar-refractivity contribution in [1.82, 2.24) is 14.9 Å². The molecule has 0 spiro atoms. The van der Waals surface area contributed by atoms with Crippen molar-refractivity contribution in [3.63, 3.8) is 0 Å². The van der Waals surface area contributed by atoms with E-state index in [0.717, 1.165) is 17.5 Å². The maximum absolute atomic E-state index is 11.9. The highest BCUT2D eigenvalue weighted by Gasteiger charge is 2.17. The normalized spacial score (nSPS) is 11.1. The lowest BCUT2D eigenvalue weighted by Gasteiger charge is -2.19. The van der Waals surface area contributed by atoms with Crippen molar-refractivity contribution in [2.45, 2.75) is 32.9 Å². The number of alkyl carbamates (subject to hydrolysis) is 1. The molecule has 7 nitrogen and oxygen atoms in total. The molecule has 0 unspecified atom stereocenters. The quantitative estimate of drug-likeness (QED) is 0.520. The number of halogens is 1. The van der Waals surface area contributed by atoms with Crippen LogP contribution in [0.4, 0.5) is 4.79 Å². The third-order valence-corrected chi connectivity index (χ3v) is 4.59. The summed E-state index contributed by atoms with van der Waals surface area (Å²) in [6.45, 7) is 5.68. The first-order chi connectivity index (χ1) is 14.7. The van der Waals surface area contributed by atoms with Gasteiger partial charge in [0.05, 0.1) is 24.0 Å². The van der Waals surface area contributed by atoms with Crippen molar-refractivity contribution in [3.05, 3.63) is 65.1 Å². The summed E-state index contributed by atoms with van der Waals surface area (Å²) in [6, 6.07) is 12.2. The molecule has 0 saturated carbocycles. The van der Waals surface area contributed by atoms with E-state index in [9.17, 15) is 9.59 Å². The molecule has 0 aliphatic heterocycles. The van der Waals surface area contributed by atoms with Crippen LogP contribution < -0.4 is 10.1 Å². The molecule has 0 atom stereocenters. The van der Waals surface area contributed by atoms with Crippen LogP contribution in [-0.2, 0) is 18.3 Å². The summed E-state index contributed by atoms with van der Waals surface area (Å²) in [4.78, 5) is 27.5. The van der Waals surface area contributed by atoms with E-state index in [2.05, 4.69) is 10.3 Å². The zero-order valence-corrected chi connectivity index (χ0v) is 18.6. The summed E-state index contributed by atoms with van der Waals surface area (Å²) in [5.74, 6) is 1.66. The van der Waals surface area contributed by atoms with Gasteiger partial charge in [0, 0.05) is 23.7 Å². The van der Waals surface area contributed by atoms with Gasteiger partial charge >= 0.3 is 6.09 Å². The molecule has 0 radical (unpaired) electrons. The average Bonchev–Trinajstić information content (AvgIpc) is 3.06. The van der Waals surface area contributed by atoms with Gasteiger partial charge in [-0.05, 0) is 57.2 Å². The predicted molar refractivity (Wildman–Crippen MR) is 119 cm³/mol. The Hall–Kier alpha value is -3.32. The highest BCUT2D eigenvalue weighted by Crippen LogP contribution is 2.29. The van der Waals surface area contributed by atoms with Gasteiger partial charge < -0.3 is 19.4 Å². The molecule has 1 N–H and O–H groups in total. The van der Waals surface area contributed by atoms with Crippen LogP contribution in [0.1, 0.15) is 37.0 Å². The third-order valence-electron chi connectivity index (χ3n) is 4.35. The largest absolute Gasteiger partial charge is 0.457 e. The summed E-state index contributed by atoms with van der Waals surface area (Å²) in [5.41, 5.74) is 1.66. The molecule has 1 aromatic heterocycles. The average molecular weight is 442 g/mol. The number of aldehydes is 1. The van der Waals surface area contributed by atoms with Crippen molar-refractivity contribution < 1.29 is 19.1 Å². The maximum atomic E-state index is 11.9. The Morgan fingerprint density at radius 2 is 1.90 bits per heavy atom. The Balaban J connectivity index is 1.70. The molecular weight excluding hydrogens is 418 g/mol. The van der Waals surface area contributed by atoms with Crippen LogP contribution in [0.3, 0.4) is 0 Å². The number of nitrogens with one attached hydrogen (secondary N) is 1. The maximum Gasteiger partial charge on any atom is 0.408 e. The lowest BCUT2D eigenvalue weighted by molar-refractivity contribution is 0.0521. The van der Waals surface area contributed by atoms with Crippen LogP contribution in [0.5, 0.6) is 11.5 Å². The Labute approximate surface area is 186 Å². The molecular formula is C23H24ClN3O4. The number of carbonyl (C=O) groups is 2. The van der Waals surface area contributed by atoms with Crippen LogP contribution in [0.25, 0.3) is 11.3 Å². The number of imidazole rings is 1. The molecule has 8 heteroatoms. The fourth-order valence-electron chi connectivity index (χ4n) is 2.86. The molecule has 1 amide bonds. The zero-order valence-electron chi connectivity index (χ0n) is 17.8. The van der Waals surface area contributed by atoms with Gasteiger partial charge in [-0.2, -0.15) is 0 Å². The van der Waals surface area contributed by atoms with Crippen molar-refractivity contribution in [2.24, 2.45) is 7.05 Å². The fraction of sp³-hybridized carbons (Fsp3) is 0.261. The van der Waals surface area contributed by atoms with E-state index in [1.54, 1.807) is 36.5 Å². The summed E-state index contributed by atoms with van der Waals surface area (Å²) in [7, 11) is 1.88. The van der Waals surface area contributed by atoms with Crippen molar-refractivity contribution in [1.29, 1.82) is 0 Å². The van der Waals surface area contributed by atoms with Gasteiger partial charge in [0.1, 0.15) is 22.9 Å². The highest BCUT2D eigenvalue weighted by atomic mass is 35.5. The third kappa shape index (κ3) is 5.86. The summed E-state index contributed by atoms with van der Waals surface area (Å²) in [5, 5.41) is 3.19. The van der Waals surface area contributed by atoms with Gasteiger partial charge in [0.25, 0.3) is 0 Å². The van der Waals surface area contributed by atoms with Gasteiger partial charge in [0.15, 0.2) is 6.29 Å². The lowest BCUT2D eigenvalue weighted by atomic mass is 10.1. The van der Waals surface area contributed by atoms with Crippen LogP contribution >= 0.6 is 11.6 Å². The second-order valence-corrected chi connectivity index (χ2v) is 8.34. The SMILES string of the molecule is Cn1c(-c2ccc(Oc3cc(Cl)ccc3C=O)cc2)cnc1CNC(=O)OC(C)(C)C. The second-order valence-electron chi connectivity index (χ2n) is 7.90. The smallest absolute Gasteiger partial charge is 0.408 e. The topological polar surface area (TPSA) is 82.5 Å². The zero-order chi connectivity index (χ0) is 22.6. The van der Waals surface area contributed by atoms with Gasteiger partial charge in [0.2, 0.25) is 0 Å².